The van der Waals surface area contributed by atoms with E-state index in [-0.39, 0.29) is 12.1 Å². The molecule has 1 saturated carbocycles. The van der Waals surface area contributed by atoms with Crippen molar-refractivity contribution in [2.24, 2.45) is 11.8 Å². The Balaban J connectivity index is 1.83. The summed E-state index contributed by atoms with van der Waals surface area (Å²) >= 11 is 0. The molecule has 1 fully saturated rings. The second-order valence-corrected chi connectivity index (χ2v) is 6.43. The Hall–Kier alpha value is -1.39. The number of hydrogen-bond acceptors (Lipinski definition) is 2. The average Bonchev–Trinajstić information content (AvgIpc) is 2.42. The first-order chi connectivity index (χ1) is 9.84. The zero-order valence-electron chi connectivity index (χ0n) is 12.2. The second-order valence-electron chi connectivity index (χ2n) is 6.43. The summed E-state index contributed by atoms with van der Waals surface area (Å²) in [5.74, 6) is 1.73. The lowest BCUT2D eigenvalue weighted by Crippen LogP contribution is -2.46. The first kappa shape index (κ1) is 14.5. The summed E-state index contributed by atoms with van der Waals surface area (Å²) in [5.41, 5.74) is -0.164. The molecule has 3 unspecified atom stereocenters. The number of anilines is 1. The molecule has 1 aromatic rings. The molecular formula is C16H20F3NO. The van der Waals surface area contributed by atoms with Gasteiger partial charge in [-0.1, -0.05) is 13.8 Å². The molecule has 1 aliphatic heterocycles. The fraction of sp³-hybridized carbons (Fsp3) is 0.625. The summed E-state index contributed by atoms with van der Waals surface area (Å²) in [6.45, 7) is 4.40. The fourth-order valence-electron chi connectivity index (χ4n) is 3.36. The zero-order chi connectivity index (χ0) is 15.2. The third-order valence-corrected chi connectivity index (χ3v) is 4.70. The third kappa shape index (κ3) is 2.83. The number of benzene rings is 1. The van der Waals surface area contributed by atoms with Gasteiger partial charge < -0.3 is 10.1 Å². The van der Waals surface area contributed by atoms with E-state index in [9.17, 15) is 13.2 Å². The largest absolute Gasteiger partial charge is 0.486 e. The van der Waals surface area contributed by atoms with Crippen LogP contribution in [0.1, 0.15) is 38.7 Å². The van der Waals surface area contributed by atoms with Gasteiger partial charge in [-0.15, -0.1) is 0 Å². The van der Waals surface area contributed by atoms with Crippen LogP contribution >= 0.6 is 0 Å². The number of nitrogens with one attached hydrogen (secondary N) is 1. The van der Waals surface area contributed by atoms with Crippen LogP contribution in [0.15, 0.2) is 18.2 Å². The van der Waals surface area contributed by atoms with Crippen LogP contribution in [0, 0.1) is 11.8 Å². The van der Waals surface area contributed by atoms with Crippen LogP contribution in [0.3, 0.4) is 0 Å². The van der Waals surface area contributed by atoms with Gasteiger partial charge in [-0.3, -0.25) is 0 Å². The summed E-state index contributed by atoms with van der Waals surface area (Å²) in [7, 11) is 0. The lowest BCUT2D eigenvalue weighted by molar-refractivity contribution is -0.137. The van der Waals surface area contributed by atoms with Gasteiger partial charge in [0, 0.05) is 0 Å². The molecule has 0 saturated heterocycles. The maximum absolute atomic E-state index is 12.8. The number of hydrogen-bond donors (Lipinski definition) is 1. The van der Waals surface area contributed by atoms with Gasteiger partial charge in [-0.05, 0) is 49.3 Å². The Bertz CT molecular complexity index is 527. The van der Waals surface area contributed by atoms with Crippen molar-refractivity contribution in [3.63, 3.8) is 0 Å². The normalized spacial score (nSPS) is 28.4. The van der Waals surface area contributed by atoms with Crippen molar-refractivity contribution in [3.8, 4) is 5.75 Å². The molecule has 3 atom stereocenters. The van der Waals surface area contributed by atoms with Gasteiger partial charge in [0.15, 0.2) is 0 Å². The predicted molar refractivity (Wildman–Crippen MR) is 75.4 cm³/mol. The molecular weight excluding hydrogens is 279 g/mol. The highest BCUT2D eigenvalue weighted by Gasteiger charge is 2.38. The molecule has 2 aliphatic rings. The standard InChI is InChI=1S/C16H20F3NO/c1-9(2)10-3-5-14-12(7-10)20-13-8-11(16(17,18)19)4-6-15(13)21-14/h4,6,8-10,12,14,20H,3,5,7H2,1-2H3. The van der Waals surface area contributed by atoms with Gasteiger partial charge in [0.1, 0.15) is 11.9 Å². The maximum atomic E-state index is 12.8. The lowest BCUT2D eigenvalue weighted by Gasteiger charge is -2.42. The Labute approximate surface area is 122 Å². The summed E-state index contributed by atoms with van der Waals surface area (Å²) in [6.07, 6.45) is -1.21. The minimum absolute atomic E-state index is 0.0734. The van der Waals surface area contributed by atoms with E-state index in [1.807, 2.05) is 0 Å². The number of alkyl halides is 3. The quantitative estimate of drug-likeness (QED) is 0.811. The molecule has 0 aromatic heterocycles. The van der Waals surface area contributed by atoms with Gasteiger partial charge in [0.2, 0.25) is 0 Å². The fourth-order valence-corrected chi connectivity index (χ4v) is 3.36. The van der Waals surface area contributed by atoms with E-state index >= 15 is 0 Å². The molecule has 1 aromatic carbocycles. The maximum Gasteiger partial charge on any atom is 0.416 e. The Kier molecular flexibility index (Phi) is 3.54. The first-order valence-electron chi connectivity index (χ1n) is 7.49. The highest BCUT2D eigenvalue weighted by atomic mass is 19.4. The van der Waals surface area contributed by atoms with Gasteiger partial charge in [-0.25, -0.2) is 0 Å². The molecule has 2 nitrogen and oxygen atoms in total. The van der Waals surface area contributed by atoms with Crippen molar-refractivity contribution in [2.75, 3.05) is 5.32 Å². The molecule has 1 aliphatic carbocycles. The predicted octanol–water partition coefficient (Wildman–Crippen LogP) is 4.70. The second kappa shape index (κ2) is 5.11. The Morgan fingerprint density at radius 3 is 2.67 bits per heavy atom. The van der Waals surface area contributed by atoms with Gasteiger partial charge in [0.05, 0.1) is 17.3 Å². The first-order valence-corrected chi connectivity index (χ1v) is 7.49. The lowest BCUT2D eigenvalue weighted by atomic mass is 9.77. The van der Waals surface area contributed by atoms with E-state index < -0.39 is 11.7 Å². The molecule has 0 amide bonds. The van der Waals surface area contributed by atoms with E-state index in [4.69, 9.17) is 4.74 Å². The highest BCUT2D eigenvalue weighted by Crippen LogP contribution is 2.42. The minimum atomic E-state index is -4.32. The number of rotatable bonds is 1. The van der Waals surface area contributed by atoms with Crippen molar-refractivity contribution in [1.82, 2.24) is 0 Å². The van der Waals surface area contributed by atoms with Crippen LogP contribution in [0.2, 0.25) is 0 Å². The molecule has 0 radical (unpaired) electrons. The van der Waals surface area contributed by atoms with Crippen LogP contribution in [-0.4, -0.2) is 12.1 Å². The number of fused-ring (bicyclic) bond motifs is 2. The number of ether oxygens (including phenoxy) is 1. The van der Waals surface area contributed by atoms with Crippen LogP contribution in [0.4, 0.5) is 18.9 Å². The highest BCUT2D eigenvalue weighted by molar-refractivity contribution is 5.61. The third-order valence-electron chi connectivity index (χ3n) is 4.70. The van der Waals surface area contributed by atoms with Crippen LogP contribution < -0.4 is 10.1 Å². The van der Waals surface area contributed by atoms with E-state index in [1.54, 1.807) is 0 Å². The Morgan fingerprint density at radius 1 is 1.24 bits per heavy atom. The molecule has 1 N–H and O–H groups in total. The van der Waals surface area contributed by atoms with Crippen LogP contribution in [-0.2, 0) is 6.18 Å². The summed E-state index contributed by atoms with van der Waals surface area (Å²) in [5, 5.41) is 3.27. The summed E-state index contributed by atoms with van der Waals surface area (Å²) < 4.78 is 44.3. The smallest absolute Gasteiger partial charge is 0.416 e. The van der Waals surface area contributed by atoms with E-state index in [2.05, 4.69) is 19.2 Å². The molecule has 1 heterocycles. The molecule has 0 bridgehead atoms. The zero-order valence-corrected chi connectivity index (χ0v) is 12.2. The van der Waals surface area contributed by atoms with Crippen LogP contribution in [0.5, 0.6) is 5.75 Å². The summed E-state index contributed by atoms with van der Waals surface area (Å²) in [6, 6.07) is 3.78. The van der Waals surface area contributed by atoms with Crippen molar-refractivity contribution in [2.45, 2.75) is 51.4 Å². The molecule has 21 heavy (non-hydrogen) atoms. The molecule has 0 spiro atoms. The molecule has 5 heteroatoms. The van der Waals surface area contributed by atoms with E-state index in [0.717, 1.165) is 31.4 Å². The average molecular weight is 299 g/mol. The van der Waals surface area contributed by atoms with Gasteiger partial charge in [0.25, 0.3) is 0 Å². The number of halogens is 3. The molecule has 116 valence electrons. The summed E-state index contributed by atoms with van der Waals surface area (Å²) in [4.78, 5) is 0. The monoisotopic (exact) mass is 299 g/mol. The van der Waals surface area contributed by atoms with Crippen molar-refractivity contribution < 1.29 is 17.9 Å². The topological polar surface area (TPSA) is 21.3 Å². The van der Waals surface area contributed by atoms with Crippen molar-refractivity contribution >= 4 is 5.69 Å². The van der Waals surface area contributed by atoms with Gasteiger partial charge in [-0.2, -0.15) is 13.2 Å². The Morgan fingerprint density at radius 2 is 2.00 bits per heavy atom. The minimum Gasteiger partial charge on any atom is -0.486 e. The molecule has 3 rings (SSSR count). The van der Waals surface area contributed by atoms with Crippen molar-refractivity contribution in [1.29, 1.82) is 0 Å². The van der Waals surface area contributed by atoms with Crippen molar-refractivity contribution in [3.05, 3.63) is 23.8 Å². The van der Waals surface area contributed by atoms with E-state index in [0.29, 0.717) is 23.3 Å². The van der Waals surface area contributed by atoms with Gasteiger partial charge >= 0.3 is 6.18 Å². The SMILES string of the molecule is CC(C)C1CCC2Oc3ccc(C(F)(F)F)cc3NC2C1. The van der Waals surface area contributed by atoms with Crippen LogP contribution in [0.25, 0.3) is 0 Å². The van der Waals surface area contributed by atoms with E-state index in [1.165, 1.54) is 6.07 Å².